The molecule has 14 heteroatoms. The highest BCUT2D eigenvalue weighted by Gasteiger charge is 2.22. The second-order valence-electron chi connectivity index (χ2n) is 6.47. The fraction of sp³-hybridized carbons (Fsp3) is 0.550. The number of hydrogen-bond acceptors (Lipinski definition) is 11. The average molecular weight is 484 g/mol. The van der Waals surface area contributed by atoms with Crippen LogP contribution in [0.15, 0.2) is 22.3 Å². The molecule has 0 unspecified atom stereocenters. The Morgan fingerprint density at radius 3 is 2.38 bits per heavy atom. The van der Waals surface area contributed by atoms with Crippen LogP contribution in [0.2, 0.25) is 0 Å². The SMILES string of the molecule is C=[N+]=NCCOCCOCCOCCNC(=O)COc1cc([N+](=O)[O-])c(/C(C)=N\N)cc1OC. The minimum absolute atomic E-state index is 0.0436. The van der Waals surface area contributed by atoms with E-state index in [0.29, 0.717) is 39.6 Å². The van der Waals surface area contributed by atoms with Crippen molar-refractivity contribution < 1.29 is 38.2 Å². The number of carbonyl (C=O) groups is 1. The van der Waals surface area contributed by atoms with Crippen LogP contribution in [-0.4, -0.2) is 94.5 Å². The van der Waals surface area contributed by atoms with Gasteiger partial charge in [0.1, 0.15) is 6.54 Å². The van der Waals surface area contributed by atoms with E-state index in [0.717, 1.165) is 6.07 Å². The van der Waals surface area contributed by atoms with Gasteiger partial charge in [0.05, 0.1) is 74.1 Å². The standard InChI is InChI=1S/C20H30N6O8/c1-15(25-21)16-12-18(30-3)19(13-17(16)26(28)29)34-14-20(27)23-4-6-31-8-10-33-11-9-32-7-5-24-22-2/h12-13H,2,4-11,14,21H2,1,3H3/p+1/b25-15-. The van der Waals surface area contributed by atoms with E-state index in [9.17, 15) is 14.9 Å². The minimum atomic E-state index is -0.594. The highest BCUT2D eigenvalue weighted by atomic mass is 16.6. The molecule has 0 atom stereocenters. The van der Waals surface area contributed by atoms with Crippen molar-refractivity contribution in [1.29, 1.82) is 0 Å². The number of amides is 1. The monoisotopic (exact) mass is 483 g/mol. The van der Waals surface area contributed by atoms with Gasteiger partial charge in [-0.15, -0.1) is 0 Å². The van der Waals surface area contributed by atoms with Crippen LogP contribution < -0.4 is 20.6 Å². The van der Waals surface area contributed by atoms with E-state index < -0.39 is 10.8 Å². The Morgan fingerprint density at radius 2 is 1.79 bits per heavy atom. The number of nitrogens with zero attached hydrogens (tertiary/aromatic N) is 4. The van der Waals surface area contributed by atoms with Crippen LogP contribution in [-0.2, 0) is 19.0 Å². The van der Waals surface area contributed by atoms with E-state index in [1.165, 1.54) is 20.1 Å². The predicted octanol–water partition coefficient (Wildman–Crippen LogP) is 0.192. The lowest BCUT2D eigenvalue weighted by Gasteiger charge is -2.13. The van der Waals surface area contributed by atoms with Crippen LogP contribution in [0.5, 0.6) is 11.5 Å². The van der Waals surface area contributed by atoms with Crippen molar-refractivity contribution in [2.24, 2.45) is 16.1 Å². The van der Waals surface area contributed by atoms with E-state index >= 15 is 0 Å². The zero-order valence-electron chi connectivity index (χ0n) is 19.4. The Kier molecular flexibility index (Phi) is 14.2. The first kappa shape index (κ1) is 28.5. The van der Waals surface area contributed by atoms with E-state index in [1.54, 1.807) is 0 Å². The molecule has 0 fully saturated rings. The number of methoxy groups -OCH3 is 1. The van der Waals surface area contributed by atoms with Gasteiger partial charge in [0.25, 0.3) is 18.3 Å². The number of nitro benzene ring substituents is 1. The molecule has 0 aliphatic carbocycles. The second kappa shape index (κ2) is 17.0. The molecule has 1 rings (SSSR count). The maximum Gasteiger partial charge on any atom is 0.295 e. The third kappa shape index (κ3) is 10.8. The second-order valence-corrected chi connectivity index (χ2v) is 6.47. The van der Waals surface area contributed by atoms with E-state index in [4.69, 9.17) is 29.5 Å². The quantitative estimate of drug-likeness (QED) is 0.0559. The van der Waals surface area contributed by atoms with Crippen molar-refractivity contribution in [3.63, 3.8) is 0 Å². The number of rotatable bonds is 18. The van der Waals surface area contributed by atoms with Gasteiger partial charge in [-0.05, 0) is 13.0 Å². The average Bonchev–Trinajstić information content (AvgIpc) is 2.84. The Bertz CT molecular complexity index is 873. The van der Waals surface area contributed by atoms with Gasteiger partial charge in [-0.1, -0.05) is 0 Å². The molecule has 0 saturated carbocycles. The number of hydrogen-bond donors (Lipinski definition) is 2. The number of nitrogens with two attached hydrogens (primary N) is 1. The van der Waals surface area contributed by atoms with Gasteiger partial charge >= 0.3 is 0 Å². The highest BCUT2D eigenvalue weighted by molar-refractivity contribution is 6.02. The van der Waals surface area contributed by atoms with Crippen molar-refractivity contribution >= 4 is 24.0 Å². The van der Waals surface area contributed by atoms with Gasteiger partial charge in [0, 0.05) is 11.3 Å². The molecule has 1 amide bonds. The Hall–Kier alpha value is -3.58. The lowest BCUT2D eigenvalue weighted by Crippen LogP contribution is -2.32. The number of nitro groups is 1. The Labute approximate surface area is 196 Å². The lowest BCUT2D eigenvalue weighted by molar-refractivity contribution is -0.385. The van der Waals surface area contributed by atoms with E-state index in [-0.39, 0.29) is 48.2 Å². The number of nitrogens with one attached hydrogen (secondary N) is 1. The van der Waals surface area contributed by atoms with Gasteiger partial charge < -0.3 is 34.8 Å². The predicted molar refractivity (Wildman–Crippen MR) is 122 cm³/mol. The van der Waals surface area contributed by atoms with Crippen molar-refractivity contribution in [2.45, 2.75) is 6.92 Å². The van der Waals surface area contributed by atoms with Crippen molar-refractivity contribution in [3.05, 3.63) is 27.8 Å². The van der Waals surface area contributed by atoms with Crippen molar-refractivity contribution in [2.75, 3.05) is 66.4 Å². The summed E-state index contributed by atoms with van der Waals surface area (Å²) < 4.78 is 26.6. The Balaban J connectivity index is 2.30. The number of hydrazone groups is 1. The van der Waals surface area contributed by atoms with Crippen LogP contribution in [0.3, 0.4) is 0 Å². The summed E-state index contributed by atoms with van der Waals surface area (Å²) in [5.74, 6) is 5.05. The van der Waals surface area contributed by atoms with Gasteiger partial charge in [0.2, 0.25) is 0 Å². The van der Waals surface area contributed by atoms with Crippen LogP contribution in [0.25, 0.3) is 0 Å². The molecule has 1 aromatic rings. The largest absolute Gasteiger partial charge is 0.493 e. The molecule has 0 aliphatic heterocycles. The summed E-state index contributed by atoms with van der Waals surface area (Å²) in [7, 11) is 1.37. The van der Waals surface area contributed by atoms with Crippen molar-refractivity contribution in [1.82, 2.24) is 5.32 Å². The molecule has 0 radical (unpaired) electrons. The molecule has 0 aliphatic rings. The molecular formula is C20H31N6O8+. The number of benzene rings is 1. The molecular weight excluding hydrogens is 452 g/mol. The molecule has 0 bridgehead atoms. The first-order valence-electron chi connectivity index (χ1n) is 10.3. The van der Waals surface area contributed by atoms with Gasteiger partial charge in [-0.2, -0.15) is 5.10 Å². The molecule has 3 N–H and O–H groups in total. The third-order valence-corrected chi connectivity index (χ3v) is 4.17. The topological polar surface area (TPSA) is 183 Å². The van der Waals surface area contributed by atoms with Crippen molar-refractivity contribution in [3.8, 4) is 11.5 Å². The fourth-order valence-electron chi connectivity index (χ4n) is 2.51. The van der Waals surface area contributed by atoms with Crippen LogP contribution in [0.4, 0.5) is 5.69 Å². The van der Waals surface area contributed by atoms with E-state index in [2.05, 4.69) is 27.0 Å². The molecule has 1 aromatic carbocycles. The highest BCUT2D eigenvalue weighted by Crippen LogP contribution is 2.35. The zero-order chi connectivity index (χ0) is 25.2. The summed E-state index contributed by atoms with van der Waals surface area (Å²) in [4.78, 5) is 26.1. The summed E-state index contributed by atoms with van der Waals surface area (Å²) >= 11 is 0. The van der Waals surface area contributed by atoms with E-state index in [1.807, 2.05) is 0 Å². The summed E-state index contributed by atoms with van der Waals surface area (Å²) in [6, 6.07) is 2.55. The maximum atomic E-state index is 12.0. The smallest absolute Gasteiger partial charge is 0.295 e. The molecule has 34 heavy (non-hydrogen) atoms. The lowest BCUT2D eigenvalue weighted by atomic mass is 10.1. The van der Waals surface area contributed by atoms with Gasteiger partial charge in [-0.25, -0.2) is 0 Å². The molecule has 0 aromatic heterocycles. The molecule has 0 spiro atoms. The summed E-state index contributed by atoms with van der Waals surface area (Å²) in [6.45, 7) is 7.49. The molecule has 0 saturated heterocycles. The number of carbonyl (C=O) groups excluding carboxylic acids is 1. The minimum Gasteiger partial charge on any atom is -0.493 e. The van der Waals surface area contributed by atoms with Crippen LogP contribution >= 0.6 is 0 Å². The third-order valence-electron chi connectivity index (χ3n) is 4.17. The molecule has 14 nitrogen and oxygen atoms in total. The van der Waals surface area contributed by atoms with Gasteiger partial charge in [0.15, 0.2) is 18.1 Å². The first-order chi connectivity index (χ1) is 16.4. The van der Waals surface area contributed by atoms with Gasteiger partial charge in [-0.3, -0.25) is 14.9 Å². The normalized spacial score (nSPS) is 10.9. The van der Waals surface area contributed by atoms with Crippen LogP contribution in [0, 0.1) is 10.1 Å². The number of ether oxygens (including phenoxy) is 5. The molecule has 188 valence electrons. The summed E-state index contributed by atoms with van der Waals surface area (Å²) in [6.07, 6.45) is 0. The van der Waals surface area contributed by atoms with Crippen LogP contribution in [0.1, 0.15) is 12.5 Å². The molecule has 0 heterocycles. The summed E-state index contributed by atoms with van der Waals surface area (Å²) in [5.41, 5.74) is 0.166. The maximum absolute atomic E-state index is 12.0. The fourth-order valence-corrected chi connectivity index (χ4v) is 2.51. The summed E-state index contributed by atoms with van der Waals surface area (Å²) in [5, 5.41) is 21.2. The first-order valence-corrected chi connectivity index (χ1v) is 10.3. The zero-order valence-corrected chi connectivity index (χ0v) is 19.4. The Morgan fingerprint density at radius 1 is 1.15 bits per heavy atom.